The molecule has 0 bridgehead atoms. The van der Waals surface area contributed by atoms with Crippen LogP contribution in [-0.4, -0.2) is 37.8 Å². The summed E-state index contributed by atoms with van der Waals surface area (Å²) in [5.41, 5.74) is 6.93. The van der Waals surface area contributed by atoms with Crippen LogP contribution < -0.4 is 16.4 Å². The Kier molecular flexibility index (Phi) is 8.34. The minimum absolute atomic E-state index is 0.0906. The number of primary amides is 1. The maximum atomic E-state index is 13.3. The van der Waals surface area contributed by atoms with E-state index in [1.807, 2.05) is 0 Å². The Morgan fingerprint density at radius 2 is 1.70 bits per heavy atom. The molecule has 1 unspecified atom stereocenters. The predicted molar refractivity (Wildman–Crippen MR) is 129 cm³/mol. The number of hydrogen-bond donors (Lipinski definition) is 3. The standard InChI is InChI=1S/C23H29ClN4O4S/c1-16-6-11-19(14-21(16)33(31,32)28-12-4-2-3-5-13-28)26-22(29)15-20(27-23(25)30)17-7-9-18(24)10-8-17/h6-11,14,20H,2-5,12-13,15H2,1H3,(H,26,29)(H3,25,27,30). The molecule has 1 saturated heterocycles. The Morgan fingerprint density at radius 1 is 1.06 bits per heavy atom. The first-order valence-electron chi connectivity index (χ1n) is 10.9. The highest BCUT2D eigenvalue weighted by Crippen LogP contribution is 2.26. The van der Waals surface area contributed by atoms with Crippen LogP contribution in [-0.2, 0) is 14.8 Å². The summed E-state index contributed by atoms with van der Waals surface area (Å²) in [7, 11) is -3.66. The van der Waals surface area contributed by atoms with Gasteiger partial charge in [0.25, 0.3) is 0 Å². The summed E-state index contributed by atoms with van der Waals surface area (Å²) in [6.07, 6.45) is 3.64. The van der Waals surface area contributed by atoms with Crippen molar-refractivity contribution in [3.05, 3.63) is 58.6 Å². The second-order valence-corrected chi connectivity index (χ2v) is 10.5. The molecule has 0 saturated carbocycles. The van der Waals surface area contributed by atoms with E-state index in [2.05, 4.69) is 10.6 Å². The number of anilines is 1. The zero-order valence-electron chi connectivity index (χ0n) is 18.5. The third kappa shape index (κ3) is 6.69. The number of nitrogens with two attached hydrogens (primary N) is 1. The van der Waals surface area contributed by atoms with E-state index < -0.39 is 28.0 Å². The third-order valence-corrected chi connectivity index (χ3v) is 7.93. The molecule has 1 heterocycles. The highest BCUT2D eigenvalue weighted by Gasteiger charge is 2.27. The summed E-state index contributed by atoms with van der Waals surface area (Å²) < 4.78 is 28.0. The summed E-state index contributed by atoms with van der Waals surface area (Å²) >= 11 is 5.92. The minimum Gasteiger partial charge on any atom is -0.352 e. The number of hydrogen-bond acceptors (Lipinski definition) is 4. The Hall–Kier alpha value is -2.62. The van der Waals surface area contributed by atoms with Crippen LogP contribution in [0.3, 0.4) is 0 Å². The Morgan fingerprint density at radius 3 is 2.30 bits per heavy atom. The normalized spacial score (nSPS) is 15.9. The average molecular weight is 493 g/mol. The van der Waals surface area contributed by atoms with Gasteiger partial charge in [-0.3, -0.25) is 4.79 Å². The molecule has 0 radical (unpaired) electrons. The van der Waals surface area contributed by atoms with Gasteiger partial charge in [-0.2, -0.15) is 4.31 Å². The molecule has 3 rings (SSSR count). The third-order valence-electron chi connectivity index (χ3n) is 5.63. The van der Waals surface area contributed by atoms with E-state index in [0.717, 1.165) is 25.7 Å². The van der Waals surface area contributed by atoms with Crippen molar-refractivity contribution in [2.45, 2.75) is 50.0 Å². The monoisotopic (exact) mass is 492 g/mol. The minimum atomic E-state index is -3.66. The Labute approximate surface area is 199 Å². The molecule has 0 aliphatic carbocycles. The van der Waals surface area contributed by atoms with Crippen molar-refractivity contribution in [1.82, 2.24) is 9.62 Å². The highest BCUT2D eigenvalue weighted by atomic mass is 35.5. The van der Waals surface area contributed by atoms with Crippen molar-refractivity contribution in [1.29, 1.82) is 0 Å². The maximum absolute atomic E-state index is 13.3. The van der Waals surface area contributed by atoms with E-state index in [9.17, 15) is 18.0 Å². The SMILES string of the molecule is Cc1ccc(NC(=O)CC(NC(N)=O)c2ccc(Cl)cc2)cc1S(=O)(=O)N1CCCCCC1. The first-order chi connectivity index (χ1) is 15.7. The van der Waals surface area contributed by atoms with Gasteiger partial charge in [-0.15, -0.1) is 0 Å². The van der Waals surface area contributed by atoms with Crippen LogP contribution >= 0.6 is 11.6 Å². The molecule has 1 aliphatic heterocycles. The zero-order chi connectivity index (χ0) is 24.0. The summed E-state index contributed by atoms with van der Waals surface area (Å²) in [5.74, 6) is -0.398. The number of rotatable bonds is 7. The summed E-state index contributed by atoms with van der Waals surface area (Å²) in [4.78, 5) is 24.4. The van der Waals surface area contributed by atoms with Crippen molar-refractivity contribution in [2.75, 3.05) is 18.4 Å². The molecule has 1 aliphatic rings. The molecule has 0 spiro atoms. The Bertz CT molecular complexity index is 1100. The smallest absolute Gasteiger partial charge is 0.312 e. The molecule has 0 aromatic heterocycles. The summed E-state index contributed by atoms with van der Waals surface area (Å²) in [6, 6.07) is 10.1. The number of amides is 3. The predicted octanol–water partition coefficient (Wildman–Crippen LogP) is 3.95. The van der Waals surface area contributed by atoms with Gasteiger partial charge in [0.05, 0.1) is 17.4 Å². The lowest BCUT2D eigenvalue weighted by Crippen LogP contribution is -2.35. The lowest BCUT2D eigenvalue weighted by molar-refractivity contribution is -0.116. The van der Waals surface area contributed by atoms with Crippen molar-refractivity contribution in [3.63, 3.8) is 0 Å². The number of urea groups is 1. The van der Waals surface area contributed by atoms with E-state index in [4.69, 9.17) is 17.3 Å². The van der Waals surface area contributed by atoms with Crippen molar-refractivity contribution < 1.29 is 18.0 Å². The van der Waals surface area contributed by atoms with E-state index >= 15 is 0 Å². The van der Waals surface area contributed by atoms with Crippen LogP contribution in [0.4, 0.5) is 10.5 Å². The number of sulfonamides is 1. The van der Waals surface area contributed by atoms with Gasteiger partial charge in [0.2, 0.25) is 15.9 Å². The average Bonchev–Trinajstić information content (AvgIpc) is 3.05. The quantitative estimate of drug-likeness (QED) is 0.541. The van der Waals surface area contributed by atoms with Crippen LogP contribution in [0.25, 0.3) is 0 Å². The van der Waals surface area contributed by atoms with Crippen molar-refractivity contribution in [2.24, 2.45) is 5.73 Å². The molecule has 178 valence electrons. The molecular weight excluding hydrogens is 464 g/mol. The number of carbonyl (C=O) groups excluding carboxylic acids is 2. The van der Waals surface area contributed by atoms with Gasteiger partial charge in [-0.25, -0.2) is 13.2 Å². The van der Waals surface area contributed by atoms with Gasteiger partial charge in [-0.1, -0.05) is 42.6 Å². The first kappa shape index (κ1) is 25.0. The molecule has 1 atom stereocenters. The van der Waals surface area contributed by atoms with E-state index in [0.29, 0.717) is 34.9 Å². The van der Waals surface area contributed by atoms with Crippen LogP contribution in [0.2, 0.25) is 5.02 Å². The largest absolute Gasteiger partial charge is 0.352 e. The zero-order valence-corrected chi connectivity index (χ0v) is 20.1. The lowest BCUT2D eigenvalue weighted by Gasteiger charge is -2.22. The van der Waals surface area contributed by atoms with Crippen LogP contribution in [0, 0.1) is 6.92 Å². The number of nitrogens with zero attached hydrogens (tertiary/aromatic N) is 1. The molecule has 1 fully saturated rings. The molecule has 8 nitrogen and oxygen atoms in total. The molecule has 33 heavy (non-hydrogen) atoms. The lowest BCUT2D eigenvalue weighted by atomic mass is 10.0. The number of benzene rings is 2. The number of nitrogens with one attached hydrogen (secondary N) is 2. The van der Waals surface area contributed by atoms with Gasteiger partial charge >= 0.3 is 6.03 Å². The molecular formula is C23H29ClN4O4S. The topological polar surface area (TPSA) is 122 Å². The number of carbonyl (C=O) groups is 2. The van der Waals surface area contributed by atoms with Gasteiger partial charge in [0.15, 0.2) is 0 Å². The summed E-state index contributed by atoms with van der Waals surface area (Å²) in [5, 5.41) is 5.83. The second kappa shape index (κ2) is 11.0. The van der Waals surface area contributed by atoms with Crippen molar-refractivity contribution >= 4 is 39.2 Å². The van der Waals surface area contributed by atoms with Crippen LogP contribution in [0.5, 0.6) is 0 Å². The maximum Gasteiger partial charge on any atom is 0.312 e. The van der Waals surface area contributed by atoms with E-state index in [1.165, 1.54) is 10.4 Å². The van der Waals surface area contributed by atoms with E-state index in [1.54, 1.807) is 43.3 Å². The van der Waals surface area contributed by atoms with E-state index in [-0.39, 0.29) is 11.3 Å². The fourth-order valence-electron chi connectivity index (χ4n) is 3.89. The Balaban J connectivity index is 1.77. The molecule has 4 N–H and O–H groups in total. The fourth-order valence-corrected chi connectivity index (χ4v) is 5.79. The number of aryl methyl sites for hydroxylation is 1. The second-order valence-electron chi connectivity index (χ2n) is 8.16. The highest BCUT2D eigenvalue weighted by molar-refractivity contribution is 7.89. The van der Waals surface area contributed by atoms with Crippen molar-refractivity contribution in [3.8, 4) is 0 Å². The molecule has 10 heteroatoms. The van der Waals surface area contributed by atoms with Gasteiger partial charge in [-0.05, 0) is 55.2 Å². The van der Waals surface area contributed by atoms with Gasteiger partial charge in [0, 0.05) is 23.8 Å². The van der Waals surface area contributed by atoms with Crippen LogP contribution in [0.15, 0.2) is 47.4 Å². The van der Waals surface area contributed by atoms with Gasteiger partial charge in [0.1, 0.15) is 0 Å². The number of halogens is 1. The fraction of sp³-hybridized carbons (Fsp3) is 0.391. The summed E-state index contributed by atoms with van der Waals surface area (Å²) in [6.45, 7) is 2.74. The van der Waals surface area contributed by atoms with Gasteiger partial charge < -0.3 is 16.4 Å². The molecule has 2 aromatic carbocycles. The first-order valence-corrected chi connectivity index (χ1v) is 12.7. The van der Waals surface area contributed by atoms with Crippen LogP contribution in [0.1, 0.15) is 49.3 Å². The molecule has 3 amide bonds. The molecule has 2 aromatic rings.